The molecule has 0 N–H and O–H groups in total. The van der Waals surface area contributed by atoms with Gasteiger partial charge < -0.3 is 14.2 Å². The van der Waals surface area contributed by atoms with E-state index in [2.05, 4.69) is 21.1 Å². The molecule has 1 aromatic heterocycles. The number of para-hydroxylation sites is 1. The number of amides is 1. The molecular weight excluding hydrogens is 332 g/mol. The van der Waals surface area contributed by atoms with Gasteiger partial charge in [0.1, 0.15) is 5.75 Å². The lowest BCUT2D eigenvalue weighted by atomic mass is 10.1. The Kier molecular flexibility index (Phi) is 6.22. The largest absolute Gasteiger partial charge is 0.496 e. The van der Waals surface area contributed by atoms with Crippen LogP contribution in [0.3, 0.4) is 0 Å². The van der Waals surface area contributed by atoms with Crippen LogP contribution >= 0.6 is 0 Å². The zero-order valence-electron chi connectivity index (χ0n) is 15.5. The molecule has 1 aromatic carbocycles. The lowest BCUT2D eigenvalue weighted by molar-refractivity contribution is -0.132. The second-order valence-electron chi connectivity index (χ2n) is 6.54. The zero-order valence-corrected chi connectivity index (χ0v) is 15.5. The maximum atomic E-state index is 12.3. The number of aromatic nitrogens is 2. The first-order valence-corrected chi connectivity index (χ1v) is 9.07. The molecule has 26 heavy (non-hydrogen) atoms. The van der Waals surface area contributed by atoms with Crippen LogP contribution in [-0.4, -0.2) is 65.7 Å². The highest BCUT2D eigenvalue weighted by Crippen LogP contribution is 2.19. The fourth-order valence-electron chi connectivity index (χ4n) is 3.28. The van der Waals surface area contributed by atoms with Crippen molar-refractivity contribution in [3.8, 4) is 5.75 Å². The highest BCUT2D eigenvalue weighted by molar-refractivity contribution is 5.78. The third kappa shape index (κ3) is 4.82. The molecule has 1 fully saturated rings. The van der Waals surface area contributed by atoms with E-state index in [4.69, 9.17) is 9.26 Å². The first-order valence-electron chi connectivity index (χ1n) is 9.07. The molecule has 3 rings (SSSR count). The summed E-state index contributed by atoms with van der Waals surface area (Å²) in [5, 5.41) is 3.79. The molecule has 0 atom stereocenters. The number of benzene rings is 1. The monoisotopic (exact) mass is 358 g/mol. The Bertz CT molecular complexity index is 723. The third-order valence-corrected chi connectivity index (χ3v) is 4.72. The van der Waals surface area contributed by atoms with Gasteiger partial charge in [-0.3, -0.25) is 9.69 Å². The minimum absolute atomic E-state index is 0.0690. The van der Waals surface area contributed by atoms with Gasteiger partial charge in [0.2, 0.25) is 11.8 Å². The molecule has 0 radical (unpaired) electrons. The first-order chi connectivity index (χ1) is 12.7. The van der Waals surface area contributed by atoms with Crippen molar-refractivity contribution in [2.75, 3.05) is 39.8 Å². The van der Waals surface area contributed by atoms with Crippen molar-refractivity contribution in [3.63, 3.8) is 0 Å². The van der Waals surface area contributed by atoms with E-state index in [9.17, 15) is 4.79 Å². The Labute approximate surface area is 153 Å². The Hall–Kier alpha value is -2.41. The van der Waals surface area contributed by atoms with Crippen LogP contribution in [-0.2, 0) is 17.6 Å². The molecule has 7 nitrogen and oxygen atoms in total. The van der Waals surface area contributed by atoms with E-state index >= 15 is 0 Å². The predicted molar refractivity (Wildman–Crippen MR) is 97.1 cm³/mol. The number of methoxy groups -OCH3 is 1. The summed E-state index contributed by atoms with van der Waals surface area (Å²) in [6.07, 6.45) is 2.29. The van der Waals surface area contributed by atoms with Crippen molar-refractivity contribution >= 4 is 5.91 Å². The zero-order chi connectivity index (χ0) is 18.4. The molecule has 1 amide bonds. The van der Waals surface area contributed by atoms with Crippen LogP contribution in [0.4, 0.5) is 0 Å². The van der Waals surface area contributed by atoms with Gasteiger partial charge in [0.25, 0.3) is 0 Å². The van der Waals surface area contributed by atoms with Crippen molar-refractivity contribution in [1.29, 1.82) is 0 Å². The van der Waals surface area contributed by atoms with E-state index in [0.717, 1.165) is 51.3 Å². The van der Waals surface area contributed by atoms with Gasteiger partial charge in [-0.25, -0.2) is 0 Å². The Morgan fingerprint density at radius 1 is 1.23 bits per heavy atom. The van der Waals surface area contributed by atoms with Gasteiger partial charge in [0, 0.05) is 33.1 Å². The summed E-state index contributed by atoms with van der Waals surface area (Å²) in [5.74, 6) is 1.98. The molecule has 0 saturated carbocycles. The average Bonchev–Trinajstić information content (AvgIpc) is 3.07. The molecule has 0 aliphatic carbocycles. The van der Waals surface area contributed by atoms with Gasteiger partial charge in [-0.2, -0.15) is 4.98 Å². The summed E-state index contributed by atoms with van der Waals surface area (Å²) in [5.41, 5.74) is 1.25. The number of piperazine rings is 1. The molecule has 2 heterocycles. The van der Waals surface area contributed by atoms with Crippen molar-refractivity contribution < 1.29 is 14.1 Å². The summed E-state index contributed by atoms with van der Waals surface area (Å²) in [4.78, 5) is 20.7. The lowest BCUT2D eigenvalue weighted by Gasteiger charge is -2.34. The molecule has 0 spiro atoms. The highest BCUT2D eigenvalue weighted by Gasteiger charge is 2.22. The average molecular weight is 358 g/mol. The molecule has 7 heteroatoms. The summed E-state index contributed by atoms with van der Waals surface area (Å²) in [6, 6.07) is 8.17. The fraction of sp³-hybridized carbons (Fsp3) is 0.526. The highest BCUT2D eigenvalue weighted by atomic mass is 16.5. The smallest absolute Gasteiger partial charge is 0.230 e. The molecule has 2 aromatic rings. The lowest BCUT2D eigenvalue weighted by Crippen LogP contribution is -2.49. The molecule has 1 saturated heterocycles. The third-order valence-electron chi connectivity index (χ3n) is 4.72. The van der Waals surface area contributed by atoms with Gasteiger partial charge in [-0.1, -0.05) is 23.4 Å². The quantitative estimate of drug-likeness (QED) is 0.750. The Morgan fingerprint density at radius 3 is 2.69 bits per heavy atom. The Morgan fingerprint density at radius 2 is 2.00 bits per heavy atom. The van der Waals surface area contributed by atoms with Gasteiger partial charge in [0.05, 0.1) is 13.5 Å². The van der Waals surface area contributed by atoms with E-state index in [1.165, 1.54) is 5.56 Å². The summed E-state index contributed by atoms with van der Waals surface area (Å²) in [6.45, 7) is 6.08. The number of rotatable bonds is 7. The van der Waals surface area contributed by atoms with Gasteiger partial charge in [-0.05, 0) is 31.0 Å². The molecule has 0 bridgehead atoms. The standard InChI is InChI=1S/C19H26N4O3/c1-15-20-18(21-26-15)14-19(24)23-12-10-22(11-13-23)9-5-7-16-6-3-4-8-17(16)25-2/h3-4,6,8H,5,7,9-14H2,1-2H3. The maximum absolute atomic E-state index is 12.3. The number of carbonyl (C=O) groups is 1. The van der Waals surface area contributed by atoms with Crippen molar-refractivity contribution in [3.05, 3.63) is 41.5 Å². The van der Waals surface area contributed by atoms with Gasteiger partial charge in [-0.15, -0.1) is 0 Å². The van der Waals surface area contributed by atoms with Crippen molar-refractivity contribution in [2.45, 2.75) is 26.2 Å². The van der Waals surface area contributed by atoms with Crippen LogP contribution in [0.15, 0.2) is 28.8 Å². The van der Waals surface area contributed by atoms with Crippen LogP contribution in [0.5, 0.6) is 5.75 Å². The SMILES string of the molecule is COc1ccccc1CCCN1CCN(C(=O)Cc2noc(C)n2)CC1. The minimum Gasteiger partial charge on any atom is -0.496 e. The first kappa shape index (κ1) is 18.4. The van der Waals surface area contributed by atoms with Crippen molar-refractivity contribution in [2.24, 2.45) is 0 Å². The number of ether oxygens (including phenoxy) is 1. The summed E-state index contributed by atoms with van der Waals surface area (Å²) >= 11 is 0. The van der Waals surface area contributed by atoms with E-state index in [1.54, 1.807) is 14.0 Å². The number of nitrogens with zero attached hydrogens (tertiary/aromatic N) is 4. The van der Waals surface area contributed by atoms with Crippen LogP contribution < -0.4 is 4.74 Å². The van der Waals surface area contributed by atoms with Crippen LogP contribution in [0, 0.1) is 6.92 Å². The van der Waals surface area contributed by atoms with Crippen LogP contribution in [0.1, 0.15) is 23.7 Å². The van der Waals surface area contributed by atoms with Gasteiger partial charge in [0.15, 0.2) is 5.82 Å². The van der Waals surface area contributed by atoms with Crippen molar-refractivity contribution in [1.82, 2.24) is 19.9 Å². The molecule has 140 valence electrons. The van der Waals surface area contributed by atoms with E-state index < -0.39 is 0 Å². The fourth-order valence-corrected chi connectivity index (χ4v) is 3.28. The Balaban J connectivity index is 1.39. The van der Waals surface area contributed by atoms with E-state index in [-0.39, 0.29) is 12.3 Å². The summed E-state index contributed by atoms with van der Waals surface area (Å²) < 4.78 is 10.3. The topological polar surface area (TPSA) is 71.7 Å². The number of aryl methyl sites for hydroxylation is 2. The maximum Gasteiger partial charge on any atom is 0.230 e. The second-order valence-corrected chi connectivity index (χ2v) is 6.54. The molecule has 1 aliphatic rings. The summed E-state index contributed by atoms with van der Waals surface area (Å²) in [7, 11) is 1.71. The number of carbonyl (C=O) groups excluding carboxylic acids is 1. The van der Waals surface area contributed by atoms with E-state index in [0.29, 0.717) is 11.7 Å². The predicted octanol–water partition coefficient (Wildman–Crippen LogP) is 1.71. The normalized spacial score (nSPS) is 15.2. The molecule has 1 aliphatic heterocycles. The van der Waals surface area contributed by atoms with E-state index in [1.807, 2.05) is 23.1 Å². The molecule has 0 unspecified atom stereocenters. The van der Waals surface area contributed by atoms with Crippen LogP contribution in [0.25, 0.3) is 0 Å². The molecular formula is C19H26N4O3. The number of hydrogen-bond donors (Lipinski definition) is 0. The number of hydrogen-bond acceptors (Lipinski definition) is 6. The second kappa shape index (κ2) is 8.80. The minimum atomic E-state index is 0.0690. The van der Waals surface area contributed by atoms with Crippen LogP contribution in [0.2, 0.25) is 0 Å². The van der Waals surface area contributed by atoms with Gasteiger partial charge >= 0.3 is 0 Å².